The molecular weight excluding hydrogens is 357 g/mol. The zero-order valence-corrected chi connectivity index (χ0v) is 13.9. The predicted octanol–water partition coefficient (Wildman–Crippen LogP) is 6.50. The molecule has 0 aromatic rings. The Morgan fingerprint density at radius 2 is 0.923 bits per heavy atom. The molecule has 0 nitrogen and oxygen atoms in total. The van der Waals surface area contributed by atoms with E-state index in [9.17, 15) is 0 Å². The zero-order valence-electron chi connectivity index (χ0n) is 6.91. The molecule has 0 saturated heterocycles. The van der Waals surface area contributed by atoms with Gasteiger partial charge in [0.1, 0.15) is 0 Å². The highest BCUT2D eigenvalue weighted by atomic mass is 36.0. The molecule has 0 rings (SSSR count). The van der Waals surface area contributed by atoms with Crippen LogP contribution in [0.15, 0.2) is 0 Å². The lowest BCUT2D eigenvalue weighted by Gasteiger charge is -2.35. The average Bonchev–Trinajstić information content (AvgIpc) is 1.43. The fourth-order valence-electron chi connectivity index (χ4n) is 0.640. The van der Waals surface area contributed by atoms with Gasteiger partial charge in [-0.05, 0) is 33.9 Å². The van der Waals surface area contributed by atoms with Crippen LogP contribution in [0, 0.1) is 0 Å². The SMILES string of the molecule is CS(Cl)(Cl)CS(Cl)(Cl)CS(C)(Cl)Cl. The van der Waals surface area contributed by atoms with E-state index >= 15 is 0 Å². The van der Waals surface area contributed by atoms with Crippen molar-refractivity contribution in [1.82, 2.24) is 0 Å². The predicted molar refractivity (Wildman–Crippen MR) is 79.5 cm³/mol. The lowest BCUT2D eigenvalue weighted by molar-refractivity contribution is 2.07. The van der Waals surface area contributed by atoms with E-state index in [1.54, 1.807) is 12.5 Å². The lowest BCUT2D eigenvalue weighted by atomic mass is 11.8. The molecule has 0 atom stereocenters. The quantitative estimate of drug-likeness (QED) is 0.532. The Balaban J connectivity index is 4.25. The Labute approximate surface area is 111 Å². The lowest BCUT2D eigenvalue weighted by Crippen LogP contribution is -2.00. The van der Waals surface area contributed by atoms with Crippen molar-refractivity contribution in [2.24, 2.45) is 0 Å². The van der Waals surface area contributed by atoms with Gasteiger partial charge in [-0.25, -0.2) is 0 Å². The second-order valence-corrected chi connectivity index (χ2v) is 22.6. The molecule has 0 aromatic carbocycles. The van der Waals surface area contributed by atoms with E-state index in [1.165, 1.54) is 0 Å². The normalized spacial score (nSPS) is 18.5. The Bertz CT molecular complexity index is 152. The molecule has 0 bridgehead atoms. The van der Waals surface area contributed by atoms with Gasteiger partial charge < -0.3 is 0 Å². The van der Waals surface area contributed by atoms with Gasteiger partial charge in [0.25, 0.3) is 0 Å². The van der Waals surface area contributed by atoms with Crippen molar-refractivity contribution < 1.29 is 0 Å². The Morgan fingerprint density at radius 3 is 1.08 bits per heavy atom. The fraction of sp³-hybridized carbons (Fsp3) is 1.00. The molecule has 0 N–H and O–H groups in total. The molecule has 9 heteroatoms. The van der Waals surface area contributed by atoms with Crippen molar-refractivity contribution in [1.29, 1.82) is 0 Å². The van der Waals surface area contributed by atoms with Crippen molar-refractivity contribution in [2.45, 2.75) is 0 Å². The molecule has 0 aromatic heterocycles. The number of hydrogen-bond acceptors (Lipinski definition) is 0. The maximum absolute atomic E-state index is 6.06. The molecule has 0 saturated carbocycles. The van der Waals surface area contributed by atoms with Crippen molar-refractivity contribution in [3.63, 3.8) is 0 Å². The summed E-state index contributed by atoms with van der Waals surface area (Å²) in [4.78, 5) is 0. The number of hydrogen-bond donors (Lipinski definition) is 0. The van der Waals surface area contributed by atoms with E-state index in [4.69, 9.17) is 64.1 Å². The van der Waals surface area contributed by atoms with Crippen LogP contribution >= 0.6 is 89.5 Å². The van der Waals surface area contributed by atoms with Crippen LogP contribution in [0.4, 0.5) is 0 Å². The molecule has 0 aliphatic heterocycles. The highest BCUT2D eigenvalue weighted by molar-refractivity contribution is 8.83. The van der Waals surface area contributed by atoms with Gasteiger partial charge in [-0.3, -0.25) is 0 Å². The number of halogens is 6. The molecule has 0 fully saturated rings. The van der Waals surface area contributed by atoms with E-state index in [0.29, 0.717) is 10.2 Å². The van der Waals surface area contributed by atoms with Crippen molar-refractivity contribution in [3.8, 4) is 0 Å². The highest BCUT2D eigenvalue weighted by Gasteiger charge is 2.31. The van der Waals surface area contributed by atoms with Crippen molar-refractivity contribution in [2.75, 3.05) is 22.7 Å². The Morgan fingerprint density at radius 1 is 0.692 bits per heavy atom. The monoisotopic (exact) mass is 364 g/mol. The van der Waals surface area contributed by atoms with Crippen LogP contribution in [0.3, 0.4) is 0 Å². The minimum atomic E-state index is -1.91. The minimum absolute atomic E-state index is 0.383. The molecule has 0 heterocycles. The van der Waals surface area contributed by atoms with Crippen LogP contribution in [-0.2, 0) is 0 Å². The third kappa shape index (κ3) is 11.1. The van der Waals surface area contributed by atoms with Crippen LogP contribution in [0.5, 0.6) is 0 Å². The summed E-state index contributed by atoms with van der Waals surface area (Å²) >= 11 is 0. The van der Waals surface area contributed by atoms with Gasteiger partial charge in [-0.15, -0.1) is 0 Å². The van der Waals surface area contributed by atoms with Gasteiger partial charge in [0, 0.05) is 0 Å². The van der Waals surface area contributed by atoms with Crippen molar-refractivity contribution >= 4 is 89.5 Å². The fourth-order valence-corrected chi connectivity index (χ4v) is 21.5. The van der Waals surface area contributed by atoms with E-state index in [-0.39, 0.29) is 0 Å². The summed E-state index contributed by atoms with van der Waals surface area (Å²) in [5.74, 6) is 0. The first-order chi connectivity index (χ1) is 5.41. The van der Waals surface area contributed by atoms with Gasteiger partial charge >= 0.3 is 0 Å². The summed E-state index contributed by atoms with van der Waals surface area (Å²) in [6.45, 7) is 0. The molecule has 0 radical (unpaired) electrons. The summed E-state index contributed by atoms with van der Waals surface area (Å²) in [6, 6.07) is 0. The van der Waals surface area contributed by atoms with E-state index in [2.05, 4.69) is 0 Å². The van der Waals surface area contributed by atoms with Crippen LogP contribution in [0.25, 0.3) is 0 Å². The van der Waals surface area contributed by atoms with Crippen LogP contribution in [-0.4, -0.2) is 22.7 Å². The average molecular weight is 367 g/mol. The van der Waals surface area contributed by atoms with Gasteiger partial charge in [-0.1, -0.05) is 68.1 Å². The van der Waals surface area contributed by atoms with E-state index < -0.39 is 25.4 Å². The van der Waals surface area contributed by atoms with Crippen LogP contribution in [0.2, 0.25) is 0 Å². The van der Waals surface area contributed by atoms with E-state index in [1.807, 2.05) is 0 Å². The molecule has 86 valence electrons. The van der Waals surface area contributed by atoms with Crippen molar-refractivity contribution in [3.05, 3.63) is 0 Å². The van der Waals surface area contributed by atoms with Gasteiger partial charge in [0.15, 0.2) is 0 Å². The third-order valence-corrected chi connectivity index (χ3v) is 13.2. The molecule has 0 spiro atoms. The molecule has 0 amide bonds. The summed E-state index contributed by atoms with van der Waals surface area (Å²) in [7, 11) is 30.2. The third-order valence-electron chi connectivity index (χ3n) is 0.759. The van der Waals surface area contributed by atoms with Crippen LogP contribution in [0.1, 0.15) is 0 Å². The summed E-state index contributed by atoms with van der Waals surface area (Å²) in [5.41, 5.74) is 0. The topological polar surface area (TPSA) is 0 Å². The standard InChI is InChI=1S/C4H10Cl6S3/c1-11(5,6)3-13(9,10)4-12(2,7)8/h3-4H2,1-2H3. The van der Waals surface area contributed by atoms with Gasteiger partial charge in [0.05, 0.1) is 10.2 Å². The minimum Gasteiger partial charge on any atom is -0.0771 e. The highest BCUT2D eigenvalue weighted by Crippen LogP contribution is 2.77. The smallest absolute Gasteiger partial charge is 0.0591 e. The molecule has 0 aliphatic carbocycles. The summed E-state index contributed by atoms with van der Waals surface area (Å²) in [6.07, 6.45) is 3.44. The maximum atomic E-state index is 6.06. The van der Waals surface area contributed by atoms with Crippen LogP contribution < -0.4 is 0 Å². The number of rotatable bonds is 4. The van der Waals surface area contributed by atoms with Gasteiger partial charge in [0.2, 0.25) is 0 Å². The molecule has 0 aliphatic rings. The maximum Gasteiger partial charge on any atom is 0.0591 e. The first-order valence-corrected chi connectivity index (χ1v) is 14.2. The molecular formula is C4H10Cl6S3. The first kappa shape index (κ1) is 15.8. The first-order valence-electron chi connectivity index (χ1n) is 2.90. The molecule has 0 unspecified atom stereocenters. The zero-order chi connectivity index (χ0) is 10.9. The van der Waals surface area contributed by atoms with E-state index in [0.717, 1.165) is 0 Å². The summed E-state index contributed by atoms with van der Waals surface area (Å²) in [5, 5.41) is 0.766. The largest absolute Gasteiger partial charge is 0.0771 e. The Hall–Kier alpha value is 2.79. The second kappa shape index (κ2) is 5.42. The van der Waals surface area contributed by atoms with Gasteiger partial charge in [-0.2, -0.15) is 0 Å². The second-order valence-electron chi connectivity index (χ2n) is 2.68. The Kier molecular flexibility index (Phi) is 6.58. The molecule has 13 heavy (non-hydrogen) atoms. The summed E-state index contributed by atoms with van der Waals surface area (Å²) < 4.78 is 0.